The number of aliphatic imine (C=N–C) groups is 1. The summed E-state index contributed by atoms with van der Waals surface area (Å²) >= 11 is 0. The topological polar surface area (TPSA) is 298 Å². The van der Waals surface area contributed by atoms with Crippen LogP contribution in [0.5, 0.6) is 0 Å². The van der Waals surface area contributed by atoms with E-state index in [1.165, 1.54) is 12.8 Å². The number of amidine groups is 1. The SMILES string of the molecule is CCN1N=C(C)C(=Nc2nc(N3CCCC3)c(N)cc2N)C1=N.CCn1nc(C)c(N)c1N.Cl.Cl.Nc1cnc(N2CCCC2)c(N)c1.OO. The van der Waals surface area contributed by atoms with Gasteiger partial charge in [-0.05, 0) is 65.5 Å². The summed E-state index contributed by atoms with van der Waals surface area (Å²) in [6, 6.07) is 3.46. The lowest BCUT2D eigenvalue weighted by molar-refractivity contribution is -0.176. The molecule has 0 saturated carbocycles. The van der Waals surface area contributed by atoms with Crippen molar-refractivity contribution in [2.45, 2.75) is 59.9 Å². The summed E-state index contributed by atoms with van der Waals surface area (Å²) in [7, 11) is 0. The van der Waals surface area contributed by atoms with Gasteiger partial charge in [-0.25, -0.2) is 24.7 Å². The number of halogens is 2. The van der Waals surface area contributed by atoms with Crippen molar-refractivity contribution in [3.63, 3.8) is 0 Å². The van der Waals surface area contributed by atoms with Crippen molar-refractivity contribution >= 4 is 93.8 Å². The number of nitrogens with one attached hydrogen (secondary N) is 1. The molecule has 18 nitrogen and oxygen atoms in total. The van der Waals surface area contributed by atoms with Gasteiger partial charge in [-0.2, -0.15) is 10.2 Å². The van der Waals surface area contributed by atoms with Crippen molar-refractivity contribution in [1.29, 1.82) is 5.41 Å². The van der Waals surface area contributed by atoms with Crippen molar-refractivity contribution in [2.75, 3.05) is 76.9 Å². The molecule has 3 aliphatic heterocycles. The fourth-order valence-corrected chi connectivity index (χ4v) is 5.38. The molecule has 6 rings (SSSR count). The van der Waals surface area contributed by atoms with Gasteiger partial charge >= 0.3 is 0 Å². The Balaban J connectivity index is 0.000000394. The van der Waals surface area contributed by atoms with Crippen molar-refractivity contribution in [1.82, 2.24) is 24.8 Å². The molecule has 0 amide bonds. The average Bonchev–Trinajstić information content (AvgIpc) is 3.89. The molecule has 0 unspecified atom stereocenters. The number of pyridine rings is 2. The molecule has 278 valence electrons. The first-order valence-electron chi connectivity index (χ1n) is 15.8. The number of hydrazone groups is 1. The summed E-state index contributed by atoms with van der Waals surface area (Å²) < 4.78 is 1.69. The maximum atomic E-state index is 8.15. The van der Waals surface area contributed by atoms with Gasteiger partial charge in [0.25, 0.3) is 0 Å². The maximum Gasteiger partial charge on any atom is 0.178 e. The van der Waals surface area contributed by atoms with E-state index in [1.54, 1.807) is 28.0 Å². The molecule has 0 radical (unpaired) electrons. The third-order valence-corrected chi connectivity index (χ3v) is 7.89. The summed E-state index contributed by atoms with van der Waals surface area (Å²) in [6.45, 7) is 13.0. The van der Waals surface area contributed by atoms with E-state index in [1.807, 2.05) is 27.7 Å². The first kappa shape index (κ1) is 43.2. The average molecular weight is 740 g/mol. The van der Waals surface area contributed by atoms with E-state index in [4.69, 9.17) is 50.3 Å². The third-order valence-electron chi connectivity index (χ3n) is 7.89. The molecule has 0 aliphatic carbocycles. The monoisotopic (exact) mass is 738 g/mol. The lowest BCUT2D eigenvalue weighted by Crippen LogP contribution is -2.26. The Bertz CT molecular complexity index is 1620. The molecule has 15 N–H and O–H groups in total. The van der Waals surface area contributed by atoms with Crippen LogP contribution in [0.15, 0.2) is 28.4 Å². The largest absolute Gasteiger partial charge is 0.397 e. The Labute approximate surface area is 304 Å². The highest BCUT2D eigenvalue weighted by atomic mass is 35.5. The molecule has 2 saturated heterocycles. The Kier molecular flexibility index (Phi) is 17.3. The van der Waals surface area contributed by atoms with Crippen molar-refractivity contribution in [2.24, 2.45) is 10.1 Å². The summed E-state index contributed by atoms with van der Waals surface area (Å²) in [6.07, 6.45) is 6.38. The highest BCUT2D eigenvalue weighted by molar-refractivity contribution is 6.69. The molecule has 50 heavy (non-hydrogen) atoms. The zero-order chi connectivity index (χ0) is 35.5. The highest BCUT2D eigenvalue weighted by Crippen LogP contribution is 2.32. The van der Waals surface area contributed by atoms with Crippen LogP contribution in [-0.2, 0) is 6.54 Å². The van der Waals surface area contributed by atoms with Gasteiger partial charge in [0.2, 0.25) is 0 Å². The zero-order valence-electron chi connectivity index (χ0n) is 29.0. The van der Waals surface area contributed by atoms with Crippen LogP contribution in [0.3, 0.4) is 0 Å². The van der Waals surface area contributed by atoms with Gasteiger partial charge in [-0.3, -0.25) is 15.9 Å². The van der Waals surface area contributed by atoms with E-state index in [0.717, 1.165) is 62.9 Å². The van der Waals surface area contributed by atoms with Gasteiger partial charge in [0.15, 0.2) is 23.3 Å². The fourth-order valence-electron chi connectivity index (χ4n) is 5.38. The molecular weight excluding hydrogens is 687 g/mol. The number of nitrogens with two attached hydrogens (primary N) is 6. The quantitative estimate of drug-likeness (QED) is 0.133. The minimum absolute atomic E-state index is 0. The predicted octanol–water partition coefficient (Wildman–Crippen LogP) is 3.69. The van der Waals surface area contributed by atoms with Crippen LogP contribution in [0.4, 0.5) is 51.7 Å². The summed E-state index contributed by atoms with van der Waals surface area (Å²) in [5.74, 6) is 2.84. The molecule has 0 aromatic carbocycles. The second-order valence-electron chi connectivity index (χ2n) is 11.3. The number of hydrogen-bond acceptors (Lipinski definition) is 16. The number of aryl methyl sites for hydroxylation is 2. The number of rotatable bonds is 5. The first-order valence-corrected chi connectivity index (χ1v) is 15.8. The van der Waals surface area contributed by atoms with Crippen molar-refractivity contribution in [3.05, 3.63) is 24.0 Å². The maximum absolute atomic E-state index is 8.15. The van der Waals surface area contributed by atoms with Gasteiger partial charge in [0.05, 0.1) is 46.0 Å². The lowest BCUT2D eigenvalue weighted by Gasteiger charge is -2.19. The molecule has 2 fully saturated rings. The fraction of sp³-hybridized carbons (Fsp3) is 0.467. The standard InChI is InChI=1S/C15H22N8.C9H14N4.C6H12N4.2ClH.H2O2/c1-3-23-13(18)12(9(2)21-23)19-14-10(16)8-11(17)15(20-14)22-6-4-5-7-22;10-7-5-8(11)9(12-6-7)13-3-1-2-4-13;1-3-10-6(8)5(7)4(2)9-10;;;1-2/h8,18H,3-7,16-17H2,1-2H3;5-6H,1-4,10-11H2;3,7-8H2,1-2H3;2*1H;1-2H. The van der Waals surface area contributed by atoms with Crippen molar-refractivity contribution < 1.29 is 10.5 Å². The summed E-state index contributed by atoms with van der Waals surface area (Å²) in [5.41, 5.74) is 39.5. The van der Waals surface area contributed by atoms with Crippen LogP contribution in [0.1, 0.15) is 52.1 Å². The number of aromatic nitrogens is 4. The number of anilines is 8. The molecule has 3 aliphatic rings. The molecular formula is C30H52Cl2N16O2. The molecule has 6 heterocycles. The van der Waals surface area contributed by atoms with Crippen LogP contribution >= 0.6 is 24.8 Å². The summed E-state index contributed by atoms with van der Waals surface area (Å²) in [5, 5.41) is 30.2. The highest BCUT2D eigenvalue weighted by Gasteiger charge is 2.26. The summed E-state index contributed by atoms with van der Waals surface area (Å²) in [4.78, 5) is 17.6. The second kappa shape index (κ2) is 20.0. The second-order valence-corrected chi connectivity index (χ2v) is 11.3. The molecule has 0 spiro atoms. The van der Waals surface area contributed by atoms with E-state index in [0.29, 0.717) is 58.0 Å². The number of nitrogens with zero attached hydrogens (tertiary/aromatic N) is 9. The minimum Gasteiger partial charge on any atom is -0.397 e. The minimum atomic E-state index is 0. The van der Waals surface area contributed by atoms with Crippen LogP contribution in [0, 0.1) is 12.3 Å². The Morgan fingerprint density at radius 1 is 0.800 bits per heavy atom. The Morgan fingerprint density at radius 2 is 1.34 bits per heavy atom. The van der Waals surface area contributed by atoms with Gasteiger partial charge < -0.3 is 44.2 Å². The van der Waals surface area contributed by atoms with Gasteiger partial charge in [0, 0.05) is 39.3 Å². The molecule has 20 heteroatoms. The van der Waals surface area contributed by atoms with E-state index in [-0.39, 0.29) is 30.6 Å². The predicted molar refractivity (Wildman–Crippen MR) is 211 cm³/mol. The van der Waals surface area contributed by atoms with Crippen LogP contribution in [0.25, 0.3) is 0 Å². The van der Waals surface area contributed by atoms with Gasteiger partial charge in [0.1, 0.15) is 11.5 Å². The van der Waals surface area contributed by atoms with Crippen LogP contribution < -0.4 is 44.2 Å². The van der Waals surface area contributed by atoms with E-state index in [2.05, 4.69) is 35.0 Å². The Hall–Kier alpha value is -4.78. The third kappa shape index (κ3) is 10.4. The molecule has 0 atom stereocenters. The Morgan fingerprint density at radius 3 is 1.78 bits per heavy atom. The van der Waals surface area contributed by atoms with E-state index < -0.39 is 0 Å². The van der Waals surface area contributed by atoms with Crippen molar-refractivity contribution in [3.8, 4) is 0 Å². The lowest BCUT2D eigenvalue weighted by atomic mass is 10.2. The molecule has 3 aromatic rings. The van der Waals surface area contributed by atoms with E-state index >= 15 is 0 Å². The molecule has 3 aromatic heterocycles. The van der Waals surface area contributed by atoms with Crippen LogP contribution in [0.2, 0.25) is 0 Å². The van der Waals surface area contributed by atoms with Gasteiger partial charge in [-0.1, -0.05) is 0 Å². The first-order chi connectivity index (χ1) is 22.9. The molecule has 0 bridgehead atoms. The van der Waals surface area contributed by atoms with Gasteiger partial charge in [-0.15, -0.1) is 24.8 Å². The zero-order valence-corrected chi connectivity index (χ0v) is 30.6. The van der Waals surface area contributed by atoms with E-state index in [9.17, 15) is 0 Å². The number of nitrogen functional groups attached to an aromatic ring is 6. The smallest absolute Gasteiger partial charge is 0.178 e. The van der Waals surface area contributed by atoms with Crippen LogP contribution in [-0.4, -0.2) is 85.3 Å². The normalized spacial score (nSPS) is 15.6. The number of hydrogen-bond donors (Lipinski definition) is 9.